The minimum absolute atomic E-state index is 0.0724. The molecule has 0 saturated carbocycles. The fourth-order valence-electron chi connectivity index (χ4n) is 6.55. The van der Waals surface area contributed by atoms with E-state index in [2.05, 4.69) is 82.6 Å². The van der Waals surface area contributed by atoms with Crippen LogP contribution in [0.2, 0.25) is 0 Å². The average Bonchev–Trinajstić information content (AvgIpc) is 4.04. The van der Waals surface area contributed by atoms with E-state index in [1.165, 1.54) is 19.5 Å². The summed E-state index contributed by atoms with van der Waals surface area (Å²) in [5.41, 5.74) is 8.62. The van der Waals surface area contributed by atoms with Crippen LogP contribution in [0.4, 0.5) is 22.7 Å². The molecule has 2 aromatic heterocycles. The van der Waals surface area contributed by atoms with Crippen LogP contribution in [0.3, 0.4) is 0 Å². The highest BCUT2D eigenvalue weighted by molar-refractivity contribution is 8.20. The van der Waals surface area contributed by atoms with Gasteiger partial charge in [-0.1, -0.05) is 72.1 Å². The first-order valence-electron chi connectivity index (χ1n) is 18.2. The van der Waals surface area contributed by atoms with Crippen molar-refractivity contribution in [1.82, 2.24) is 0 Å². The van der Waals surface area contributed by atoms with Gasteiger partial charge in [-0.05, 0) is 108 Å². The van der Waals surface area contributed by atoms with Gasteiger partial charge in [-0.25, -0.2) is 0 Å². The first-order valence-corrected chi connectivity index (χ1v) is 21.6. The molecule has 12 heteroatoms. The summed E-state index contributed by atoms with van der Waals surface area (Å²) in [5, 5.41) is 20.2. The zero-order valence-electron chi connectivity index (χ0n) is 30.7. The maximum Gasteiger partial charge on any atom is 0.303 e. The molecule has 0 saturated heterocycles. The number of hydrogen-bond acceptors (Lipinski definition) is 10. The average molecular weight is 815 g/mol. The van der Waals surface area contributed by atoms with Crippen LogP contribution in [0.25, 0.3) is 20.9 Å². The standard InChI is InChI=1S/C44H38N4O4S4/c1-47(31-13-3-27(4-14-31)7-25-39(49)50)33-17-9-29(10-18-33)35-21-23-37(53-35)41-45-43-44(55-41)46-42(56-43)38-24-22-36(54-38)30-11-19-34(20-12-30)48(2)32-15-5-28(6-16-32)8-26-40(51)52/h3-6,9-24,43-44H,7-8,25-26H2,1-2H3,(H,49,50)(H,51,52). The van der Waals surface area contributed by atoms with Crippen LogP contribution in [0.15, 0.2) is 131 Å². The third-order valence-corrected chi connectivity index (χ3v) is 14.8. The quantitative estimate of drug-likeness (QED) is 0.112. The van der Waals surface area contributed by atoms with E-state index in [9.17, 15) is 9.59 Å². The number of nitrogens with zero attached hydrogens (tertiary/aromatic N) is 4. The summed E-state index contributed by atoms with van der Waals surface area (Å²) in [6, 6.07) is 42.0. The van der Waals surface area contributed by atoms with Crippen LogP contribution >= 0.6 is 46.2 Å². The molecule has 282 valence electrons. The predicted octanol–water partition coefficient (Wildman–Crippen LogP) is 11.1. The molecule has 4 aromatic carbocycles. The lowest BCUT2D eigenvalue weighted by molar-refractivity contribution is -0.138. The fraction of sp³-hybridized carbons (Fsp3) is 0.182. The van der Waals surface area contributed by atoms with Crippen LogP contribution in [0.5, 0.6) is 0 Å². The minimum atomic E-state index is -0.781. The number of carboxylic acids is 2. The lowest BCUT2D eigenvalue weighted by Crippen LogP contribution is -2.09. The Kier molecular flexibility index (Phi) is 11.1. The predicted molar refractivity (Wildman–Crippen MR) is 236 cm³/mol. The molecule has 0 spiro atoms. The first kappa shape index (κ1) is 37.8. The van der Waals surface area contributed by atoms with E-state index < -0.39 is 11.9 Å². The van der Waals surface area contributed by atoms with E-state index in [-0.39, 0.29) is 23.6 Å². The van der Waals surface area contributed by atoms with Gasteiger partial charge in [0.1, 0.15) is 20.8 Å². The summed E-state index contributed by atoms with van der Waals surface area (Å²) in [4.78, 5) is 41.0. The minimum Gasteiger partial charge on any atom is -0.481 e. The van der Waals surface area contributed by atoms with Gasteiger partial charge in [0.05, 0.1) is 9.75 Å². The second-order valence-corrected chi connectivity index (χ2v) is 17.9. The second-order valence-electron chi connectivity index (χ2n) is 13.5. The van der Waals surface area contributed by atoms with Crippen LogP contribution < -0.4 is 9.80 Å². The summed E-state index contributed by atoms with van der Waals surface area (Å²) in [5.74, 6) is -1.56. The highest BCUT2D eigenvalue weighted by Crippen LogP contribution is 2.46. The van der Waals surface area contributed by atoms with Gasteiger partial charge in [-0.2, -0.15) is 0 Å². The largest absolute Gasteiger partial charge is 0.481 e. The Morgan fingerprint density at radius 3 is 1.16 bits per heavy atom. The molecule has 56 heavy (non-hydrogen) atoms. The van der Waals surface area contributed by atoms with E-state index in [1.54, 1.807) is 46.2 Å². The monoisotopic (exact) mass is 814 g/mol. The van der Waals surface area contributed by atoms with Crippen molar-refractivity contribution in [3.8, 4) is 20.9 Å². The Morgan fingerprint density at radius 2 is 0.821 bits per heavy atom. The van der Waals surface area contributed by atoms with E-state index in [1.807, 2.05) is 62.6 Å². The van der Waals surface area contributed by atoms with Crippen molar-refractivity contribution in [3.05, 3.63) is 142 Å². The van der Waals surface area contributed by atoms with Crippen LogP contribution in [-0.2, 0) is 22.4 Å². The third kappa shape index (κ3) is 8.48. The van der Waals surface area contributed by atoms with Gasteiger partial charge < -0.3 is 20.0 Å². The number of benzene rings is 4. The number of thioether (sulfide) groups is 2. The van der Waals surface area contributed by atoms with Crippen molar-refractivity contribution in [2.45, 2.75) is 36.4 Å². The molecule has 2 aliphatic heterocycles. The smallest absolute Gasteiger partial charge is 0.303 e. The Labute approximate surface area is 342 Å². The molecule has 2 aliphatic rings. The third-order valence-electron chi connectivity index (χ3n) is 9.81. The van der Waals surface area contributed by atoms with E-state index in [4.69, 9.17) is 20.2 Å². The van der Waals surface area contributed by atoms with Crippen molar-refractivity contribution in [1.29, 1.82) is 0 Å². The molecular formula is C44H38N4O4S4. The van der Waals surface area contributed by atoms with Gasteiger partial charge in [0.2, 0.25) is 0 Å². The van der Waals surface area contributed by atoms with Crippen molar-refractivity contribution in [3.63, 3.8) is 0 Å². The zero-order valence-corrected chi connectivity index (χ0v) is 33.9. The molecule has 2 atom stereocenters. The molecule has 0 radical (unpaired) electrons. The summed E-state index contributed by atoms with van der Waals surface area (Å²) in [6.07, 6.45) is 1.33. The van der Waals surface area contributed by atoms with Crippen molar-refractivity contribution >= 4 is 91.0 Å². The van der Waals surface area contributed by atoms with E-state index in [0.717, 1.165) is 55.1 Å². The maximum atomic E-state index is 10.9. The van der Waals surface area contributed by atoms with Gasteiger partial charge in [0.25, 0.3) is 0 Å². The lowest BCUT2D eigenvalue weighted by atomic mass is 10.1. The number of aliphatic carboxylic acids is 2. The topological polar surface area (TPSA) is 106 Å². The van der Waals surface area contributed by atoms with Crippen LogP contribution in [0, 0.1) is 0 Å². The molecule has 4 heterocycles. The number of fused-ring (bicyclic) bond motifs is 1. The number of aliphatic imine (C=N–C) groups is 2. The summed E-state index contributed by atoms with van der Waals surface area (Å²) in [7, 11) is 4.08. The van der Waals surface area contributed by atoms with Crippen molar-refractivity contribution < 1.29 is 19.8 Å². The number of carbonyl (C=O) groups is 2. The number of carboxylic acid groups (broad SMARTS) is 2. The fourth-order valence-corrected chi connectivity index (χ4v) is 11.2. The molecular weight excluding hydrogens is 777 g/mol. The molecule has 8 nitrogen and oxygen atoms in total. The molecule has 0 aliphatic carbocycles. The van der Waals surface area contributed by atoms with Crippen LogP contribution in [-0.4, -0.2) is 57.1 Å². The molecule has 8 rings (SSSR count). The highest BCUT2D eigenvalue weighted by Gasteiger charge is 2.38. The number of anilines is 4. The van der Waals surface area contributed by atoms with E-state index in [0.29, 0.717) is 12.8 Å². The summed E-state index contributed by atoms with van der Waals surface area (Å²) >= 11 is 7.03. The number of thiophene rings is 2. The lowest BCUT2D eigenvalue weighted by Gasteiger charge is -2.20. The van der Waals surface area contributed by atoms with Crippen LogP contribution in [0.1, 0.15) is 33.7 Å². The Morgan fingerprint density at radius 1 is 0.500 bits per heavy atom. The number of hydrogen-bond donors (Lipinski definition) is 2. The molecule has 0 amide bonds. The SMILES string of the molecule is CN(c1ccc(CCC(=O)O)cc1)c1ccc(-c2ccc(C3=NC4SC(c5ccc(-c6ccc(N(C)c7ccc(CCC(=O)O)cc7)cc6)s5)=NC4S3)s2)cc1. The van der Waals surface area contributed by atoms with Gasteiger partial charge in [-0.15, -0.1) is 22.7 Å². The maximum absolute atomic E-state index is 10.9. The summed E-state index contributed by atoms with van der Waals surface area (Å²) in [6.45, 7) is 0. The van der Waals surface area contributed by atoms with E-state index >= 15 is 0 Å². The van der Waals surface area contributed by atoms with Gasteiger partial charge in [0.15, 0.2) is 0 Å². The number of rotatable bonds is 14. The summed E-state index contributed by atoms with van der Waals surface area (Å²) < 4.78 is 0. The zero-order chi connectivity index (χ0) is 38.8. The Balaban J connectivity index is 0.858. The Hall–Kier alpha value is -5.14. The van der Waals surface area contributed by atoms with Crippen molar-refractivity contribution in [2.75, 3.05) is 23.9 Å². The normalized spacial score (nSPS) is 16.0. The molecule has 0 fully saturated rings. The Bertz CT molecular complexity index is 2250. The molecule has 2 unspecified atom stereocenters. The first-order chi connectivity index (χ1) is 27.2. The molecule has 6 aromatic rings. The van der Waals surface area contributed by atoms with Crippen molar-refractivity contribution in [2.24, 2.45) is 9.98 Å². The molecule has 2 N–H and O–H groups in total. The van der Waals surface area contributed by atoms with Gasteiger partial charge in [0, 0.05) is 59.4 Å². The molecule has 0 bridgehead atoms. The van der Waals surface area contributed by atoms with Gasteiger partial charge in [-0.3, -0.25) is 19.6 Å². The second kappa shape index (κ2) is 16.5. The number of aryl methyl sites for hydroxylation is 2. The van der Waals surface area contributed by atoms with Gasteiger partial charge >= 0.3 is 11.9 Å². The highest BCUT2D eigenvalue weighted by atomic mass is 32.2.